The van der Waals surface area contributed by atoms with Gasteiger partial charge in [0.15, 0.2) is 0 Å². The number of hydrogen-bond donors (Lipinski definition) is 3. The molecule has 0 spiro atoms. The molecule has 100 valence electrons. The molecule has 2 aromatic rings. The second kappa shape index (κ2) is 6.15. The highest BCUT2D eigenvalue weighted by Gasteiger charge is 2.04. The predicted octanol–water partition coefficient (Wildman–Crippen LogP) is 3.68. The van der Waals surface area contributed by atoms with Crippen LogP contribution in [0.4, 0.5) is 11.4 Å². The number of nitrogens with two attached hydrogens (primary N) is 1. The van der Waals surface area contributed by atoms with E-state index in [2.05, 4.69) is 5.32 Å². The normalized spacial score (nSPS) is 10.5. The third-order valence-corrected chi connectivity index (χ3v) is 3.50. The summed E-state index contributed by atoms with van der Waals surface area (Å²) in [5.74, 6) is 0. The summed E-state index contributed by atoms with van der Waals surface area (Å²) in [4.78, 5) is 0. The SMILES string of the molecule is Nc1cc(Cl)c(Cl)cc1NCc1ccc(CO)cc1. The van der Waals surface area contributed by atoms with E-state index in [1.807, 2.05) is 24.3 Å². The van der Waals surface area contributed by atoms with Crippen molar-refractivity contribution in [1.29, 1.82) is 0 Å². The highest BCUT2D eigenvalue weighted by molar-refractivity contribution is 6.42. The molecule has 19 heavy (non-hydrogen) atoms. The van der Waals surface area contributed by atoms with Crippen LogP contribution >= 0.6 is 23.2 Å². The first-order valence-electron chi connectivity index (χ1n) is 5.77. The zero-order valence-electron chi connectivity index (χ0n) is 10.2. The van der Waals surface area contributed by atoms with Gasteiger partial charge in [-0.2, -0.15) is 0 Å². The number of nitrogen functional groups attached to an aromatic ring is 1. The van der Waals surface area contributed by atoms with E-state index in [9.17, 15) is 0 Å². The molecule has 0 saturated carbocycles. The Morgan fingerprint density at radius 2 is 1.58 bits per heavy atom. The van der Waals surface area contributed by atoms with E-state index in [4.69, 9.17) is 34.0 Å². The number of aliphatic hydroxyl groups excluding tert-OH is 1. The summed E-state index contributed by atoms with van der Waals surface area (Å²) in [7, 11) is 0. The van der Waals surface area contributed by atoms with Crippen LogP contribution < -0.4 is 11.1 Å². The van der Waals surface area contributed by atoms with E-state index in [1.165, 1.54) is 0 Å². The lowest BCUT2D eigenvalue weighted by Gasteiger charge is -2.11. The standard InChI is InChI=1S/C14H14Cl2N2O/c15-11-5-13(17)14(6-12(11)16)18-7-9-1-3-10(8-19)4-2-9/h1-6,18-19H,7-8,17H2. The van der Waals surface area contributed by atoms with E-state index in [0.717, 1.165) is 16.8 Å². The van der Waals surface area contributed by atoms with Crippen molar-refractivity contribution < 1.29 is 5.11 Å². The molecule has 0 aliphatic rings. The van der Waals surface area contributed by atoms with Crippen LogP contribution in [0.1, 0.15) is 11.1 Å². The Balaban J connectivity index is 2.07. The van der Waals surface area contributed by atoms with Gasteiger partial charge in [-0.1, -0.05) is 47.5 Å². The third kappa shape index (κ3) is 3.53. The van der Waals surface area contributed by atoms with Crippen molar-refractivity contribution in [1.82, 2.24) is 0 Å². The van der Waals surface area contributed by atoms with Crippen molar-refractivity contribution in [2.45, 2.75) is 13.2 Å². The van der Waals surface area contributed by atoms with Gasteiger partial charge in [-0.3, -0.25) is 0 Å². The van der Waals surface area contributed by atoms with E-state index >= 15 is 0 Å². The number of nitrogens with one attached hydrogen (secondary N) is 1. The highest BCUT2D eigenvalue weighted by Crippen LogP contribution is 2.30. The molecular weight excluding hydrogens is 283 g/mol. The summed E-state index contributed by atoms with van der Waals surface area (Å²) in [6, 6.07) is 11.0. The van der Waals surface area contributed by atoms with Crippen molar-refractivity contribution >= 4 is 34.6 Å². The molecular formula is C14H14Cl2N2O. The van der Waals surface area contributed by atoms with Gasteiger partial charge in [0.2, 0.25) is 0 Å². The first kappa shape index (κ1) is 14.0. The number of benzene rings is 2. The lowest BCUT2D eigenvalue weighted by atomic mass is 10.1. The summed E-state index contributed by atoms with van der Waals surface area (Å²) < 4.78 is 0. The van der Waals surface area contributed by atoms with Crippen LogP contribution in [0.15, 0.2) is 36.4 Å². The molecule has 0 heterocycles. The average molecular weight is 297 g/mol. The second-order valence-electron chi connectivity index (χ2n) is 4.18. The Morgan fingerprint density at radius 1 is 1.00 bits per heavy atom. The lowest BCUT2D eigenvalue weighted by Crippen LogP contribution is -2.02. The maximum Gasteiger partial charge on any atom is 0.0681 e. The summed E-state index contributed by atoms with van der Waals surface area (Å²) >= 11 is 11.8. The molecule has 4 N–H and O–H groups in total. The second-order valence-corrected chi connectivity index (χ2v) is 5.00. The topological polar surface area (TPSA) is 58.3 Å². The summed E-state index contributed by atoms with van der Waals surface area (Å²) in [5.41, 5.74) is 9.14. The Kier molecular flexibility index (Phi) is 4.53. The molecule has 0 radical (unpaired) electrons. The molecule has 2 rings (SSSR count). The maximum absolute atomic E-state index is 8.97. The molecule has 0 amide bonds. The number of halogens is 2. The van der Waals surface area contributed by atoms with E-state index in [1.54, 1.807) is 12.1 Å². The average Bonchev–Trinajstić information content (AvgIpc) is 2.42. The van der Waals surface area contributed by atoms with Crippen molar-refractivity contribution in [2.75, 3.05) is 11.1 Å². The molecule has 3 nitrogen and oxygen atoms in total. The minimum atomic E-state index is 0.0491. The van der Waals surface area contributed by atoms with Crippen LogP contribution in [-0.4, -0.2) is 5.11 Å². The van der Waals surface area contributed by atoms with Crippen molar-refractivity contribution in [2.24, 2.45) is 0 Å². The number of hydrogen-bond acceptors (Lipinski definition) is 3. The monoisotopic (exact) mass is 296 g/mol. The van der Waals surface area contributed by atoms with Gasteiger partial charge in [-0.05, 0) is 23.3 Å². The molecule has 2 aromatic carbocycles. The highest BCUT2D eigenvalue weighted by atomic mass is 35.5. The van der Waals surface area contributed by atoms with Crippen LogP contribution in [0.5, 0.6) is 0 Å². The fourth-order valence-corrected chi connectivity index (χ4v) is 2.01. The Morgan fingerprint density at radius 3 is 2.21 bits per heavy atom. The van der Waals surface area contributed by atoms with E-state index in [-0.39, 0.29) is 6.61 Å². The third-order valence-electron chi connectivity index (χ3n) is 2.78. The first-order chi connectivity index (χ1) is 9.10. The van der Waals surface area contributed by atoms with Crippen molar-refractivity contribution in [3.63, 3.8) is 0 Å². The van der Waals surface area contributed by atoms with Gasteiger partial charge in [0.1, 0.15) is 0 Å². The van der Waals surface area contributed by atoms with E-state index in [0.29, 0.717) is 22.3 Å². The summed E-state index contributed by atoms with van der Waals surface area (Å²) in [6.07, 6.45) is 0. The van der Waals surface area contributed by atoms with Crippen molar-refractivity contribution in [3.05, 3.63) is 57.6 Å². The van der Waals surface area contributed by atoms with Gasteiger partial charge in [-0.25, -0.2) is 0 Å². The van der Waals surface area contributed by atoms with Gasteiger partial charge in [0.05, 0.1) is 28.0 Å². The van der Waals surface area contributed by atoms with Crippen LogP contribution in [0, 0.1) is 0 Å². The Bertz CT molecular complexity index is 570. The first-order valence-corrected chi connectivity index (χ1v) is 6.53. The molecule has 0 aliphatic carbocycles. The molecule has 0 aromatic heterocycles. The Hall–Kier alpha value is -1.42. The zero-order chi connectivity index (χ0) is 13.8. The van der Waals surface area contributed by atoms with Gasteiger partial charge < -0.3 is 16.2 Å². The maximum atomic E-state index is 8.97. The van der Waals surface area contributed by atoms with E-state index < -0.39 is 0 Å². The predicted molar refractivity (Wildman–Crippen MR) is 80.6 cm³/mol. The van der Waals surface area contributed by atoms with Crippen LogP contribution in [0.25, 0.3) is 0 Å². The fraction of sp³-hybridized carbons (Fsp3) is 0.143. The molecule has 0 saturated heterocycles. The molecule has 0 fully saturated rings. The molecule has 0 unspecified atom stereocenters. The Labute approximate surface area is 122 Å². The largest absolute Gasteiger partial charge is 0.397 e. The lowest BCUT2D eigenvalue weighted by molar-refractivity contribution is 0.282. The van der Waals surface area contributed by atoms with Crippen LogP contribution in [-0.2, 0) is 13.2 Å². The zero-order valence-corrected chi connectivity index (χ0v) is 11.7. The summed E-state index contributed by atoms with van der Waals surface area (Å²) in [5, 5.41) is 13.1. The minimum Gasteiger partial charge on any atom is -0.397 e. The quantitative estimate of drug-likeness (QED) is 0.754. The number of rotatable bonds is 4. The van der Waals surface area contributed by atoms with Gasteiger partial charge >= 0.3 is 0 Å². The minimum absolute atomic E-state index is 0.0491. The molecule has 0 bridgehead atoms. The fourth-order valence-electron chi connectivity index (χ4n) is 1.68. The van der Waals surface area contributed by atoms with Gasteiger partial charge in [0, 0.05) is 6.54 Å². The molecule has 0 aliphatic heterocycles. The summed E-state index contributed by atoms with van der Waals surface area (Å²) in [6.45, 7) is 0.668. The van der Waals surface area contributed by atoms with Gasteiger partial charge in [0.25, 0.3) is 0 Å². The number of anilines is 2. The smallest absolute Gasteiger partial charge is 0.0681 e. The molecule has 0 atom stereocenters. The van der Waals surface area contributed by atoms with Gasteiger partial charge in [-0.15, -0.1) is 0 Å². The number of aliphatic hydroxyl groups is 1. The van der Waals surface area contributed by atoms with Crippen molar-refractivity contribution in [3.8, 4) is 0 Å². The van der Waals surface area contributed by atoms with Crippen LogP contribution in [0.2, 0.25) is 10.0 Å². The molecule has 5 heteroatoms. The van der Waals surface area contributed by atoms with Crippen LogP contribution in [0.3, 0.4) is 0 Å².